The first-order chi connectivity index (χ1) is 20.9. The molecule has 0 amide bonds. The van der Waals surface area contributed by atoms with E-state index in [4.69, 9.17) is 5.41 Å². The van der Waals surface area contributed by atoms with Crippen molar-refractivity contribution in [1.82, 2.24) is 0 Å². The number of Topliss-reactive ketones (excluding diaryl/α,β-unsaturated/α-hetero) is 1. The van der Waals surface area contributed by atoms with Gasteiger partial charge in [-0.2, -0.15) is 9.84 Å². The van der Waals surface area contributed by atoms with Crippen LogP contribution in [0.25, 0.3) is 0 Å². The number of allylic oxidation sites excluding steroid dienone is 7. The summed E-state index contributed by atoms with van der Waals surface area (Å²) >= 11 is 4.72. The van der Waals surface area contributed by atoms with Gasteiger partial charge in [-0.1, -0.05) is 40.5 Å². The van der Waals surface area contributed by atoms with Crippen LogP contribution in [0.5, 0.6) is 0 Å². The van der Waals surface area contributed by atoms with Crippen LogP contribution in [0.3, 0.4) is 0 Å². The number of ketones is 1. The Morgan fingerprint density at radius 3 is 2.27 bits per heavy atom. The van der Waals surface area contributed by atoms with Gasteiger partial charge in [-0.3, -0.25) is 10.2 Å². The number of anilines is 1. The van der Waals surface area contributed by atoms with Gasteiger partial charge in [0.2, 0.25) is 5.69 Å². The number of hydrogen-bond acceptors (Lipinski definition) is 4. The number of nitrogens with zero attached hydrogens (tertiary/aromatic N) is 3. The molecule has 2 heterocycles. The molecule has 1 N–H and O–H groups in total. The van der Waals surface area contributed by atoms with Gasteiger partial charge in [-0.05, 0) is 113 Å². The molecule has 0 fully saturated rings. The van der Waals surface area contributed by atoms with Gasteiger partial charge >= 0.3 is 0 Å². The molecule has 2 aromatic rings. The molecule has 5 nitrogen and oxygen atoms in total. The van der Waals surface area contributed by atoms with Gasteiger partial charge in [0.1, 0.15) is 18.2 Å². The molecule has 0 spiro atoms. The van der Waals surface area contributed by atoms with E-state index in [1.54, 1.807) is 0 Å². The van der Waals surface area contributed by atoms with Gasteiger partial charge < -0.3 is 4.90 Å². The second kappa shape index (κ2) is 12.5. The van der Waals surface area contributed by atoms with Gasteiger partial charge in [-0.15, -0.1) is 0 Å². The molecule has 0 atom stereocenters. The van der Waals surface area contributed by atoms with Crippen molar-refractivity contribution in [2.45, 2.75) is 78.1 Å². The molecule has 7 heteroatoms. The van der Waals surface area contributed by atoms with Crippen LogP contribution < -0.4 is 4.90 Å². The quantitative estimate of drug-likeness (QED) is 0.0905. The highest BCUT2D eigenvalue weighted by atomic mass is 127. The molecule has 5 rings (SSSR count). The lowest BCUT2D eigenvalue weighted by Gasteiger charge is -2.30. The predicted molar refractivity (Wildman–Crippen MR) is 196 cm³/mol. The monoisotopic (exact) mass is 809 g/mol. The Morgan fingerprint density at radius 2 is 1.64 bits per heavy atom. The maximum atomic E-state index is 14.2. The van der Waals surface area contributed by atoms with E-state index in [1.807, 2.05) is 12.2 Å². The number of fused-ring (bicyclic) bond motifs is 2. The summed E-state index contributed by atoms with van der Waals surface area (Å²) in [6.45, 7) is 14.9. The first kappa shape index (κ1) is 32.6. The summed E-state index contributed by atoms with van der Waals surface area (Å²) in [6, 6.07) is 15.3. The zero-order valence-electron chi connectivity index (χ0n) is 26.4. The van der Waals surface area contributed by atoms with E-state index in [9.17, 15) is 10.1 Å². The summed E-state index contributed by atoms with van der Waals surface area (Å²) in [6.07, 6.45) is 8.14. The van der Waals surface area contributed by atoms with E-state index < -0.39 is 0 Å². The summed E-state index contributed by atoms with van der Waals surface area (Å²) in [5.41, 5.74) is 7.85. The molecule has 1 aliphatic carbocycles. The Hall–Kier alpha value is -2.80. The molecule has 3 aliphatic rings. The molecular weight excluding hydrogens is 770 g/mol. The second-order valence-corrected chi connectivity index (χ2v) is 15.3. The molecule has 0 bridgehead atoms. The summed E-state index contributed by atoms with van der Waals surface area (Å²) in [5, 5.41) is 18.1. The summed E-state index contributed by atoms with van der Waals surface area (Å²) in [4.78, 5) is 16.5. The van der Waals surface area contributed by atoms with Crippen molar-refractivity contribution in [2.75, 3.05) is 18.0 Å². The Labute approximate surface area is 288 Å². The molecule has 2 aromatic carbocycles. The number of unbranched alkanes of at least 4 members (excludes halogenated alkanes) is 2. The van der Waals surface area contributed by atoms with Crippen molar-refractivity contribution in [1.29, 1.82) is 10.7 Å². The standard InChI is InChI=1S/C37H39I2N4O/c1-7-9-15-42-30-13-11-24(38)17-28(30)36(3,4)32(42)19-26-34(23(21-40)22-41)27(35(26)44)20-33-37(5,6)29-18-25(39)12-14-31(29)43(33)16-10-8-2/h11-14,17-20,40H,7-10,15-16H2,1-6H3/q+1. The van der Waals surface area contributed by atoms with Crippen LogP contribution in [0.2, 0.25) is 0 Å². The Balaban J connectivity index is 1.71. The number of halogens is 2. The van der Waals surface area contributed by atoms with E-state index in [2.05, 4.69) is 145 Å². The smallest absolute Gasteiger partial charge is 0.209 e. The third-order valence-corrected chi connectivity index (χ3v) is 10.6. The maximum absolute atomic E-state index is 14.2. The third kappa shape index (κ3) is 5.37. The average molecular weight is 810 g/mol. The number of nitriles is 1. The number of carbonyl (C=O) groups excluding carboxylic acids is 1. The zero-order chi connectivity index (χ0) is 32.0. The molecule has 0 saturated carbocycles. The zero-order valence-corrected chi connectivity index (χ0v) is 30.7. The van der Waals surface area contributed by atoms with Crippen molar-refractivity contribution in [3.63, 3.8) is 0 Å². The van der Waals surface area contributed by atoms with Crippen LogP contribution in [-0.4, -0.2) is 35.0 Å². The van der Waals surface area contributed by atoms with E-state index >= 15 is 0 Å². The van der Waals surface area contributed by atoms with E-state index in [-0.39, 0.29) is 22.2 Å². The van der Waals surface area contributed by atoms with Gasteiger partial charge in [-0.25, -0.2) is 0 Å². The lowest BCUT2D eigenvalue weighted by atomic mass is 9.73. The Kier molecular flexibility index (Phi) is 9.28. The van der Waals surface area contributed by atoms with E-state index in [0.717, 1.165) is 50.2 Å². The number of nitrogens with one attached hydrogen (secondary N) is 1. The highest BCUT2D eigenvalue weighted by Crippen LogP contribution is 2.50. The van der Waals surface area contributed by atoms with Crippen LogP contribution in [-0.2, 0) is 15.6 Å². The fourth-order valence-corrected chi connectivity index (χ4v) is 7.73. The topological polar surface area (TPSA) is 71.0 Å². The summed E-state index contributed by atoms with van der Waals surface area (Å²) in [7, 11) is 0. The predicted octanol–water partition coefficient (Wildman–Crippen LogP) is 9.06. The molecule has 0 aromatic heterocycles. The minimum Gasteiger partial charge on any atom is -0.344 e. The first-order valence-corrected chi connectivity index (χ1v) is 17.5. The fraction of sp³-hybridized carbons (Fsp3) is 0.378. The molecular formula is C37H39I2N4O+. The van der Waals surface area contributed by atoms with Crippen molar-refractivity contribution in [3.05, 3.63) is 94.8 Å². The molecule has 0 unspecified atom stereocenters. The molecule has 0 radical (unpaired) electrons. The van der Waals surface area contributed by atoms with E-state index in [1.165, 1.54) is 29.6 Å². The van der Waals surface area contributed by atoms with Gasteiger partial charge in [0.25, 0.3) is 0 Å². The second-order valence-electron chi connectivity index (χ2n) is 12.8. The average Bonchev–Trinajstić information content (AvgIpc) is 3.33. The summed E-state index contributed by atoms with van der Waals surface area (Å²) in [5.74, 6) is 2.27. The van der Waals surface area contributed by atoms with Gasteiger partial charge in [0, 0.05) is 71.3 Å². The van der Waals surface area contributed by atoms with Crippen molar-refractivity contribution in [2.24, 2.45) is 0 Å². The largest absolute Gasteiger partial charge is 0.344 e. The molecule has 0 saturated heterocycles. The minimum atomic E-state index is -0.332. The van der Waals surface area contributed by atoms with Crippen LogP contribution in [0, 0.1) is 23.9 Å². The molecule has 44 heavy (non-hydrogen) atoms. The molecule has 2 aliphatic heterocycles. The summed E-state index contributed by atoms with van der Waals surface area (Å²) < 4.78 is 4.69. The normalized spacial score (nSPS) is 19.7. The lowest BCUT2D eigenvalue weighted by Crippen LogP contribution is -2.32. The third-order valence-electron chi connectivity index (χ3n) is 9.26. The number of hydrogen-bond donors (Lipinski definition) is 1. The van der Waals surface area contributed by atoms with Crippen molar-refractivity contribution < 1.29 is 9.37 Å². The first-order valence-electron chi connectivity index (χ1n) is 15.4. The van der Waals surface area contributed by atoms with E-state index in [0.29, 0.717) is 16.7 Å². The van der Waals surface area contributed by atoms with Crippen molar-refractivity contribution in [3.8, 4) is 6.07 Å². The van der Waals surface area contributed by atoms with Crippen LogP contribution in [0.1, 0.15) is 78.4 Å². The maximum Gasteiger partial charge on any atom is 0.209 e. The number of benzene rings is 2. The van der Waals surface area contributed by atoms with Crippen LogP contribution in [0.4, 0.5) is 11.4 Å². The Morgan fingerprint density at radius 1 is 0.977 bits per heavy atom. The number of carbonyl (C=O) groups is 1. The number of rotatable bonds is 9. The Bertz CT molecular complexity index is 1790. The highest BCUT2D eigenvalue weighted by Gasteiger charge is 2.47. The fourth-order valence-electron chi connectivity index (χ4n) is 6.75. The van der Waals surface area contributed by atoms with Crippen molar-refractivity contribution >= 4 is 73.9 Å². The van der Waals surface area contributed by atoms with Crippen LogP contribution in [0.15, 0.2) is 76.5 Å². The van der Waals surface area contributed by atoms with Crippen LogP contribution >= 0.6 is 45.2 Å². The van der Waals surface area contributed by atoms with Gasteiger partial charge in [0.15, 0.2) is 11.5 Å². The SMILES string of the molecule is CCCCN1/C(=C/C2=C(C(=C=N)C#N)C(=C/C3=[N+](CCCC)c4ccc(I)cc4C3(C)C)/C2=O)C(C)(C)c2cc(I)ccc21. The molecule has 226 valence electrons. The highest BCUT2D eigenvalue weighted by molar-refractivity contribution is 14.1. The van der Waals surface area contributed by atoms with Gasteiger partial charge in [0.05, 0.1) is 5.41 Å². The lowest BCUT2D eigenvalue weighted by molar-refractivity contribution is -0.438. The minimum absolute atomic E-state index is 0.0865.